The number of hydrogen-bond acceptors (Lipinski definition) is 9. The first kappa shape index (κ1) is 42.8. The average molecular weight is 771 g/mol. The predicted molar refractivity (Wildman–Crippen MR) is 201 cm³/mol. The molecule has 3 unspecified atom stereocenters. The monoisotopic (exact) mass is 770 g/mol. The van der Waals surface area contributed by atoms with Crippen molar-refractivity contribution >= 4 is 41.2 Å². The van der Waals surface area contributed by atoms with E-state index in [1.165, 1.54) is 23.9 Å². The molecule has 0 spiro atoms. The third-order valence-corrected chi connectivity index (χ3v) is 9.75. The van der Waals surface area contributed by atoms with Gasteiger partial charge in [-0.25, -0.2) is 14.0 Å². The molecule has 0 saturated carbocycles. The minimum Gasteiger partial charge on any atom is -0.479 e. The van der Waals surface area contributed by atoms with Crippen LogP contribution in [0, 0.1) is 12.7 Å². The van der Waals surface area contributed by atoms with Crippen molar-refractivity contribution in [3.63, 3.8) is 0 Å². The van der Waals surface area contributed by atoms with Crippen molar-refractivity contribution in [1.29, 1.82) is 0 Å². The molecule has 4 aromatic rings. The highest BCUT2D eigenvalue weighted by Crippen LogP contribution is 2.27. The SMILES string of the molecule is CCN(CC)CCN(C(=O)Cn1cc(C)c(=O)nc1SCc1ccc(F)cc1)C(C)c1ccc(-c2ccc(Cl)cc2)cc1.O=C(O)C(O)C(O)C(=O)O. The number of hydrogen-bond donors (Lipinski definition) is 4. The molecule has 0 bridgehead atoms. The van der Waals surface area contributed by atoms with Crippen LogP contribution in [0.15, 0.2) is 88.9 Å². The van der Waals surface area contributed by atoms with Gasteiger partial charge in [-0.3, -0.25) is 9.59 Å². The smallest absolute Gasteiger partial charge is 0.335 e. The van der Waals surface area contributed by atoms with Gasteiger partial charge in [0.2, 0.25) is 5.91 Å². The number of carboxylic acid groups (broad SMARTS) is 2. The summed E-state index contributed by atoms with van der Waals surface area (Å²) in [4.78, 5) is 54.5. The van der Waals surface area contributed by atoms with Gasteiger partial charge in [-0.05, 0) is 73.5 Å². The second kappa shape index (κ2) is 20.6. The Bertz CT molecular complexity index is 1860. The lowest BCUT2D eigenvalue weighted by atomic mass is 10.0. The summed E-state index contributed by atoms with van der Waals surface area (Å²) < 4.78 is 15.1. The van der Waals surface area contributed by atoms with Crippen molar-refractivity contribution in [2.75, 3.05) is 26.2 Å². The van der Waals surface area contributed by atoms with Gasteiger partial charge in [-0.2, -0.15) is 4.98 Å². The van der Waals surface area contributed by atoms with Crippen molar-refractivity contribution < 1.29 is 39.2 Å². The van der Waals surface area contributed by atoms with E-state index in [-0.39, 0.29) is 29.9 Å². The van der Waals surface area contributed by atoms with E-state index in [0.717, 1.165) is 41.9 Å². The zero-order valence-electron chi connectivity index (χ0n) is 29.9. The fraction of sp³-hybridized carbons (Fsp3) is 0.342. The minimum absolute atomic E-state index is 0.0469. The summed E-state index contributed by atoms with van der Waals surface area (Å²) in [6.07, 6.45) is -2.83. The second-order valence-electron chi connectivity index (χ2n) is 12.0. The molecule has 1 amide bonds. The molecule has 0 fully saturated rings. The van der Waals surface area contributed by atoms with Crippen LogP contribution in [0.3, 0.4) is 0 Å². The summed E-state index contributed by atoms with van der Waals surface area (Å²) in [5, 5.41) is 33.7. The highest BCUT2D eigenvalue weighted by Gasteiger charge is 2.29. The lowest BCUT2D eigenvalue weighted by Crippen LogP contribution is -2.42. The zero-order valence-corrected chi connectivity index (χ0v) is 31.4. The maximum atomic E-state index is 14.0. The van der Waals surface area contributed by atoms with Gasteiger partial charge >= 0.3 is 11.9 Å². The van der Waals surface area contributed by atoms with Gasteiger partial charge < -0.3 is 34.8 Å². The minimum atomic E-state index is -2.27. The van der Waals surface area contributed by atoms with Gasteiger partial charge in [0.15, 0.2) is 17.4 Å². The Morgan fingerprint density at radius 3 is 1.91 bits per heavy atom. The van der Waals surface area contributed by atoms with Gasteiger partial charge in [0.05, 0.1) is 6.04 Å². The van der Waals surface area contributed by atoms with Crippen LogP contribution < -0.4 is 5.56 Å². The standard InChI is InChI=1S/C34H38ClFN4O2S.C4H6O6/c1-5-38(6-2)19-20-40(25(4)27-9-11-28(12-10-27)29-13-15-30(35)16-14-29)32(41)22-39-21-24(3)33(42)37-34(39)43-23-26-7-17-31(36)18-8-26;5-1(3(7)8)2(6)4(9)10/h7-18,21,25H,5-6,19-20,22-23H2,1-4H3;1-2,5-6H,(H,7,8)(H,9,10). The van der Waals surface area contributed by atoms with Crippen LogP contribution in [0.25, 0.3) is 11.1 Å². The molecular formula is C38H44ClFN4O8S. The summed E-state index contributed by atoms with van der Waals surface area (Å²) in [5.41, 5.74) is 4.23. The van der Waals surface area contributed by atoms with Crippen molar-refractivity contribution in [1.82, 2.24) is 19.4 Å². The van der Waals surface area contributed by atoms with E-state index in [1.54, 1.807) is 29.8 Å². The molecule has 1 aromatic heterocycles. The first-order chi connectivity index (χ1) is 25.1. The first-order valence-corrected chi connectivity index (χ1v) is 18.2. The zero-order chi connectivity index (χ0) is 39.2. The van der Waals surface area contributed by atoms with Gasteiger partial charge in [0.1, 0.15) is 12.4 Å². The van der Waals surface area contributed by atoms with E-state index in [0.29, 0.717) is 28.0 Å². The number of rotatable bonds is 16. The van der Waals surface area contributed by atoms with E-state index >= 15 is 0 Å². The van der Waals surface area contributed by atoms with Crippen LogP contribution in [0.5, 0.6) is 0 Å². The number of carbonyl (C=O) groups is 3. The van der Waals surface area contributed by atoms with Gasteiger partial charge in [0, 0.05) is 35.6 Å². The third kappa shape index (κ3) is 12.8. The molecule has 1 heterocycles. The van der Waals surface area contributed by atoms with Crippen LogP contribution in [-0.4, -0.2) is 96.0 Å². The normalized spacial score (nSPS) is 12.7. The molecule has 0 aliphatic carbocycles. The van der Waals surface area contributed by atoms with E-state index in [1.807, 2.05) is 29.2 Å². The van der Waals surface area contributed by atoms with Gasteiger partial charge in [0.25, 0.3) is 5.56 Å². The molecule has 284 valence electrons. The Morgan fingerprint density at radius 2 is 1.40 bits per heavy atom. The maximum absolute atomic E-state index is 14.0. The number of nitrogens with zero attached hydrogens (tertiary/aromatic N) is 4. The number of aryl methyl sites for hydroxylation is 1. The Kier molecular flexibility index (Phi) is 16.6. The lowest BCUT2D eigenvalue weighted by molar-refractivity contribution is -0.165. The molecule has 12 nitrogen and oxygen atoms in total. The van der Waals surface area contributed by atoms with Crippen molar-refractivity contribution in [2.45, 2.75) is 63.4 Å². The van der Waals surface area contributed by atoms with E-state index < -0.39 is 24.1 Å². The number of carbonyl (C=O) groups excluding carboxylic acids is 1. The van der Waals surface area contributed by atoms with Crippen LogP contribution in [0.2, 0.25) is 5.02 Å². The number of benzene rings is 3. The predicted octanol–water partition coefficient (Wildman–Crippen LogP) is 5.11. The number of aliphatic hydroxyl groups excluding tert-OH is 2. The van der Waals surface area contributed by atoms with Gasteiger partial charge in [-0.15, -0.1) is 0 Å². The molecule has 4 rings (SSSR count). The Hall–Kier alpha value is -4.60. The first-order valence-electron chi connectivity index (χ1n) is 16.8. The molecule has 15 heteroatoms. The molecule has 0 saturated heterocycles. The number of aliphatic hydroxyl groups is 2. The number of aromatic nitrogens is 2. The van der Waals surface area contributed by atoms with E-state index in [9.17, 15) is 23.6 Å². The van der Waals surface area contributed by atoms with Gasteiger partial charge in [-0.1, -0.05) is 85.7 Å². The highest BCUT2D eigenvalue weighted by molar-refractivity contribution is 7.98. The highest BCUT2D eigenvalue weighted by atomic mass is 35.5. The molecule has 53 heavy (non-hydrogen) atoms. The maximum Gasteiger partial charge on any atom is 0.335 e. The summed E-state index contributed by atoms with van der Waals surface area (Å²) in [6, 6.07) is 22.1. The number of amides is 1. The molecule has 4 N–H and O–H groups in total. The Morgan fingerprint density at radius 1 is 0.868 bits per heavy atom. The summed E-state index contributed by atoms with van der Waals surface area (Å²) in [6.45, 7) is 11.1. The molecule has 0 aliphatic heterocycles. The van der Waals surface area contributed by atoms with Crippen LogP contribution in [0.1, 0.15) is 43.5 Å². The van der Waals surface area contributed by atoms with Crippen LogP contribution >= 0.6 is 23.4 Å². The summed E-state index contributed by atoms with van der Waals surface area (Å²) in [7, 11) is 0. The van der Waals surface area contributed by atoms with E-state index in [2.05, 4.69) is 54.9 Å². The number of aliphatic carboxylic acids is 2. The summed E-state index contributed by atoms with van der Waals surface area (Å²) in [5.74, 6) is -3.41. The van der Waals surface area contributed by atoms with Crippen molar-refractivity contribution in [3.05, 3.63) is 117 Å². The van der Waals surface area contributed by atoms with Crippen LogP contribution in [0.4, 0.5) is 4.39 Å². The number of halogens is 2. The molecule has 0 radical (unpaired) electrons. The molecular weight excluding hydrogens is 727 g/mol. The topological polar surface area (TPSA) is 173 Å². The van der Waals surface area contributed by atoms with Crippen LogP contribution in [-0.2, 0) is 26.7 Å². The van der Waals surface area contributed by atoms with E-state index in [4.69, 9.17) is 32.0 Å². The average Bonchev–Trinajstić information content (AvgIpc) is 3.14. The molecule has 3 aromatic carbocycles. The number of likely N-dealkylation sites (N-methyl/N-ethyl adjacent to an activating group) is 1. The fourth-order valence-electron chi connectivity index (χ4n) is 5.15. The summed E-state index contributed by atoms with van der Waals surface area (Å²) >= 11 is 7.42. The molecule has 0 aliphatic rings. The number of carboxylic acids is 2. The third-order valence-electron chi connectivity index (χ3n) is 8.43. The number of thioether (sulfide) groups is 1. The Labute approximate surface area is 316 Å². The fourth-order valence-corrected chi connectivity index (χ4v) is 6.19. The second-order valence-corrected chi connectivity index (χ2v) is 13.4. The van der Waals surface area contributed by atoms with Crippen molar-refractivity contribution in [2.24, 2.45) is 0 Å². The Balaban J connectivity index is 0.000000661. The quantitative estimate of drug-likeness (QED) is 0.0881. The lowest BCUT2D eigenvalue weighted by Gasteiger charge is -2.32. The largest absolute Gasteiger partial charge is 0.479 e. The molecule has 3 atom stereocenters. The van der Waals surface area contributed by atoms with Crippen molar-refractivity contribution in [3.8, 4) is 11.1 Å².